The molecule has 1 saturated heterocycles. The normalized spacial score (nSPS) is 14.7. The third kappa shape index (κ3) is 6.74. The highest BCUT2D eigenvalue weighted by Crippen LogP contribution is 2.47. The van der Waals surface area contributed by atoms with Crippen molar-refractivity contribution in [3.63, 3.8) is 0 Å². The van der Waals surface area contributed by atoms with E-state index in [9.17, 15) is 9.90 Å². The number of carbonyl (C=O) groups is 1. The smallest absolute Gasteiger partial charge is 0.168 e. The lowest BCUT2D eigenvalue weighted by Crippen LogP contribution is -2.42. The van der Waals surface area contributed by atoms with Crippen molar-refractivity contribution in [1.82, 2.24) is 9.88 Å². The Bertz CT molecular complexity index is 1580. The summed E-state index contributed by atoms with van der Waals surface area (Å²) in [5, 5.41) is 11.6. The molecule has 3 aromatic carbocycles. The number of nitrogens with zero attached hydrogens (tertiary/aromatic N) is 2. The molecule has 0 aliphatic carbocycles. The molecule has 9 heteroatoms. The third-order valence-corrected chi connectivity index (χ3v) is 8.22. The fourth-order valence-corrected chi connectivity index (χ4v) is 6.00. The van der Waals surface area contributed by atoms with Gasteiger partial charge in [-0.3, -0.25) is 9.78 Å². The number of benzene rings is 3. The standard InChI is InChI=1S/C35H40N2O7/c1-40-31-12-5-8-27(34(31)42-3)33-24(13-14-32(41-2)35(33)43-4)20-29(39)23-15-18-37(19-16-23)21-25(38)22-44-30-11-6-10-28-26(30)9-7-17-36-28/h5-14,17,23,25,38H,15-16,18-22H2,1-4H3. The average molecular weight is 601 g/mol. The molecule has 2 heterocycles. The summed E-state index contributed by atoms with van der Waals surface area (Å²) >= 11 is 0. The Kier molecular flexibility index (Phi) is 10.2. The van der Waals surface area contributed by atoms with Crippen molar-refractivity contribution < 1.29 is 33.6 Å². The van der Waals surface area contributed by atoms with E-state index in [2.05, 4.69) is 9.88 Å². The van der Waals surface area contributed by atoms with E-state index in [1.807, 2.05) is 60.7 Å². The number of Topliss-reactive ketones (excluding diaryl/α,β-unsaturated/α-hetero) is 1. The molecule has 44 heavy (non-hydrogen) atoms. The van der Waals surface area contributed by atoms with E-state index in [0.717, 1.165) is 53.5 Å². The molecule has 1 unspecified atom stereocenters. The molecule has 4 aromatic rings. The quantitative estimate of drug-likeness (QED) is 0.222. The van der Waals surface area contributed by atoms with Gasteiger partial charge in [0, 0.05) is 41.6 Å². The Morgan fingerprint density at radius 1 is 0.864 bits per heavy atom. The zero-order chi connectivity index (χ0) is 31.1. The fraction of sp³-hybridized carbons (Fsp3) is 0.371. The summed E-state index contributed by atoms with van der Waals surface area (Å²) in [6.45, 7) is 2.13. The third-order valence-electron chi connectivity index (χ3n) is 8.22. The number of methoxy groups -OCH3 is 4. The molecule has 5 rings (SSSR count). The maximum atomic E-state index is 13.7. The molecular weight excluding hydrogens is 560 g/mol. The highest BCUT2D eigenvalue weighted by atomic mass is 16.5. The summed E-state index contributed by atoms with van der Waals surface area (Å²) in [5.74, 6) is 3.06. The van der Waals surface area contributed by atoms with Gasteiger partial charge in [-0.2, -0.15) is 0 Å². The van der Waals surface area contributed by atoms with Crippen LogP contribution >= 0.6 is 0 Å². The summed E-state index contributed by atoms with van der Waals surface area (Å²) in [6.07, 6.45) is 2.80. The highest BCUT2D eigenvalue weighted by Gasteiger charge is 2.29. The minimum atomic E-state index is -0.652. The molecule has 1 atom stereocenters. The van der Waals surface area contributed by atoms with E-state index in [0.29, 0.717) is 35.3 Å². The Morgan fingerprint density at radius 3 is 2.30 bits per heavy atom. The Hall–Kier alpha value is -4.34. The molecule has 232 valence electrons. The van der Waals surface area contributed by atoms with E-state index in [-0.39, 0.29) is 24.7 Å². The van der Waals surface area contributed by atoms with Crippen molar-refractivity contribution in [3.05, 3.63) is 72.4 Å². The van der Waals surface area contributed by atoms with Gasteiger partial charge in [0.1, 0.15) is 24.2 Å². The second-order valence-electron chi connectivity index (χ2n) is 10.9. The Morgan fingerprint density at radius 2 is 1.57 bits per heavy atom. The van der Waals surface area contributed by atoms with Gasteiger partial charge >= 0.3 is 0 Å². The van der Waals surface area contributed by atoms with Gasteiger partial charge in [-0.05, 0) is 67.9 Å². The SMILES string of the molecule is COc1cccc(-c2c(CC(=O)C3CCN(CC(O)COc4cccc5ncccc45)CC3)ccc(OC)c2OC)c1OC. The number of rotatable bonds is 13. The van der Waals surface area contributed by atoms with Crippen LogP contribution in [0.2, 0.25) is 0 Å². The first-order valence-electron chi connectivity index (χ1n) is 14.8. The van der Waals surface area contributed by atoms with Crippen LogP contribution in [0, 0.1) is 5.92 Å². The van der Waals surface area contributed by atoms with Gasteiger partial charge in [0.15, 0.2) is 23.0 Å². The number of ether oxygens (including phenoxy) is 5. The molecule has 1 aliphatic rings. The molecule has 0 saturated carbocycles. The molecule has 0 radical (unpaired) electrons. The largest absolute Gasteiger partial charge is 0.493 e. The second-order valence-corrected chi connectivity index (χ2v) is 10.9. The van der Waals surface area contributed by atoms with Gasteiger partial charge in [0.2, 0.25) is 0 Å². The maximum absolute atomic E-state index is 13.7. The lowest BCUT2D eigenvalue weighted by atomic mass is 9.86. The van der Waals surface area contributed by atoms with E-state index >= 15 is 0 Å². The fourth-order valence-electron chi connectivity index (χ4n) is 6.00. The van der Waals surface area contributed by atoms with Gasteiger partial charge < -0.3 is 33.7 Å². The summed E-state index contributed by atoms with van der Waals surface area (Å²) in [4.78, 5) is 20.2. The Balaban J connectivity index is 1.23. The number of fused-ring (bicyclic) bond motifs is 1. The van der Waals surface area contributed by atoms with Gasteiger partial charge in [-0.1, -0.05) is 24.3 Å². The first kappa shape index (κ1) is 31.1. The minimum absolute atomic E-state index is 0.0732. The number of hydrogen-bond acceptors (Lipinski definition) is 9. The summed E-state index contributed by atoms with van der Waals surface area (Å²) < 4.78 is 28.6. The molecule has 9 nitrogen and oxygen atoms in total. The first-order valence-corrected chi connectivity index (χ1v) is 14.8. The van der Waals surface area contributed by atoms with Crippen LogP contribution in [0.5, 0.6) is 28.7 Å². The number of aliphatic hydroxyl groups excluding tert-OH is 1. The summed E-state index contributed by atoms with van der Waals surface area (Å²) in [5.41, 5.74) is 3.20. The Labute approximate surface area is 258 Å². The van der Waals surface area contributed by atoms with E-state index < -0.39 is 6.10 Å². The number of aliphatic hydroxyl groups is 1. The van der Waals surface area contributed by atoms with Gasteiger partial charge in [-0.25, -0.2) is 0 Å². The van der Waals surface area contributed by atoms with Crippen molar-refractivity contribution in [1.29, 1.82) is 0 Å². The van der Waals surface area contributed by atoms with Crippen LogP contribution in [0.3, 0.4) is 0 Å². The number of aromatic nitrogens is 1. The van der Waals surface area contributed by atoms with Crippen LogP contribution in [0.4, 0.5) is 0 Å². The maximum Gasteiger partial charge on any atom is 0.168 e. The zero-order valence-corrected chi connectivity index (χ0v) is 25.7. The predicted octanol–water partition coefficient (Wildman–Crippen LogP) is 5.20. The number of pyridine rings is 1. The molecular formula is C35H40N2O7. The zero-order valence-electron chi connectivity index (χ0n) is 25.7. The molecule has 1 aromatic heterocycles. The van der Waals surface area contributed by atoms with Gasteiger partial charge in [0.25, 0.3) is 0 Å². The molecule has 1 N–H and O–H groups in total. The second kappa shape index (κ2) is 14.4. The number of hydrogen-bond donors (Lipinski definition) is 1. The van der Waals surface area contributed by atoms with Crippen LogP contribution in [0.1, 0.15) is 18.4 Å². The highest BCUT2D eigenvalue weighted by molar-refractivity contribution is 5.90. The molecule has 1 aliphatic heterocycles. The number of likely N-dealkylation sites (tertiary alicyclic amines) is 1. The molecule has 0 amide bonds. The monoisotopic (exact) mass is 600 g/mol. The summed E-state index contributed by atoms with van der Waals surface area (Å²) in [7, 11) is 6.37. The number of para-hydroxylation sites is 1. The number of piperidine rings is 1. The van der Waals surface area contributed by atoms with Crippen molar-refractivity contribution >= 4 is 16.7 Å². The van der Waals surface area contributed by atoms with Crippen LogP contribution in [-0.4, -0.2) is 81.6 Å². The van der Waals surface area contributed by atoms with Crippen LogP contribution in [0.15, 0.2) is 66.9 Å². The van der Waals surface area contributed by atoms with Crippen LogP contribution < -0.4 is 23.7 Å². The lowest BCUT2D eigenvalue weighted by Gasteiger charge is -2.32. The number of ketones is 1. The molecule has 0 bridgehead atoms. The first-order chi connectivity index (χ1) is 21.5. The van der Waals surface area contributed by atoms with Crippen LogP contribution in [-0.2, 0) is 11.2 Å². The lowest BCUT2D eigenvalue weighted by molar-refractivity contribution is -0.123. The van der Waals surface area contributed by atoms with Crippen molar-refractivity contribution in [2.75, 3.05) is 54.7 Å². The van der Waals surface area contributed by atoms with Crippen molar-refractivity contribution in [3.8, 4) is 39.9 Å². The van der Waals surface area contributed by atoms with Gasteiger partial charge in [-0.15, -0.1) is 0 Å². The average Bonchev–Trinajstić information content (AvgIpc) is 3.06. The predicted molar refractivity (Wildman–Crippen MR) is 169 cm³/mol. The van der Waals surface area contributed by atoms with E-state index in [1.165, 1.54) is 0 Å². The van der Waals surface area contributed by atoms with E-state index in [1.54, 1.807) is 34.6 Å². The minimum Gasteiger partial charge on any atom is -0.493 e. The van der Waals surface area contributed by atoms with Crippen molar-refractivity contribution in [2.24, 2.45) is 5.92 Å². The number of carbonyl (C=O) groups excluding carboxylic acids is 1. The van der Waals surface area contributed by atoms with Crippen LogP contribution in [0.25, 0.3) is 22.0 Å². The van der Waals surface area contributed by atoms with Crippen molar-refractivity contribution in [2.45, 2.75) is 25.4 Å². The molecule has 1 fully saturated rings. The topological polar surface area (TPSA) is 99.6 Å². The number of β-amino-alcohol motifs (C(OH)–C–C–N with tert-alkyl or cyclic N) is 1. The molecule has 0 spiro atoms. The van der Waals surface area contributed by atoms with Gasteiger partial charge in [0.05, 0.1) is 34.0 Å². The van der Waals surface area contributed by atoms with E-state index in [4.69, 9.17) is 23.7 Å². The summed E-state index contributed by atoms with van der Waals surface area (Å²) in [6, 6.07) is 19.0.